The maximum Gasteiger partial charge on any atom is 0.224 e. The molecule has 1 heterocycles. The number of carbonyl (C=O) groups excluding carboxylic acids is 2. The lowest BCUT2D eigenvalue weighted by Crippen LogP contribution is -2.41. The maximum absolute atomic E-state index is 12.0. The Kier molecular flexibility index (Phi) is 5.57. The molecule has 6 heteroatoms. The smallest absolute Gasteiger partial charge is 0.224 e. The molecule has 0 aliphatic carbocycles. The molecule has 0 atom stereocenters. The molecule has 1 fully saturated rings. The monoisotopic (exact) mass is 291 g/mol. The fourth-order valence-electron chi connectivity index (χ4n) is 2.19. The van der Waals surface area contributed by atoms with Crippen molar-refractivity contribution < 1.29 is 14.3 Å². The van der Waals surface area contributed by atoms with Gasteiger partial charge in [0, 0.05) is 44.4 Å². The number of nitrogens with one attached hydrogen (secondary N) is 2. The minimum absolute atomic E-state index is 0.102. The van der Waals surface area contributed by atoms with Crippen molar-refractivity contribution in [1.29, 1.82) is 0 Å². The van der Waals surface area contributed by atoms with Gasteiger partial charge < -0.3 is 20.3 Å². The lowest BCUT2D eigenvalue weighted by Gasteiger charge is -2.26. The fourth-order valence-corrected chi connectivity index (χ4v) is 2.19. The lowest BCUT2D eigenvalue weighted by molar-refractivity contribution is -0.134. The highest BCUT2D eigenvalue weighted by Crippen LogP contribution is 2.15. The molecule has 0 aromatic heterocycles. The molecule has 1 saturated heterocycles. The van der Waals surface area contributed by atoms with E-state index < -0.39 is 0 Å². The summed E-state index contributed by atoms with van der Waals surface area (Å²) in [5, 5.41) is 5.93. The third-order valence-corrected chi connectivity index (χ3v) is 3.21. The van der Waals surface area contributed by atoms with E-state index >= 15 is 0 Å². The van der Waals surface area contributed by atoms with E-state index in [1.807, 2.05) is 29.2 Å². The molecule has 1 aliphatic rings. The van der Waals surface area contributed by atoms with Gasteiger partial charge in [-0.2, -0.15) is 0 Å². The lowest BCUT2D eigenvalue weighted by atomic mass is 10.2. The highest BCUT2D eigenvalue weighted by atomic mass is 16.5. The van der Waals surface area contributed by atoms with Crippen molar-refractivity contribution in [3.63, 3.8) is 0 Å². The van der Waals surface area contributed by atoms with Gasteiger partial charge in [0.25, 0.3) is 0 Å². The molecule has 1 aromatic rings. The van der Waals surface area contributed by atoms with Crippen LogP contribution in [-0.4, -0.2) is 49.6 Å². The van der Waals surface area contributed by atoms with E-state index in [2.05, 4.69) is 10.6 Å². The van der Waals surface area contributed by atoms with Crippen LogP contribution in [0.3, 0.4) is 0 Å². The van der Waals surface area contributed by atoms with Crippen molar-refractivity contribution in [2.24, 2.45) is 0 Å². The Labute approximate surface area is 124 Å². The van der Waals surface area contributed by atoms with Gasteiger partial charge >= 0.3 is 0 Å². The number of hydrogen-bond donors (Lipinski definition) is 2. The number of morpholine rings is 1. The van der Waals surface area contributed by atoms with Crippen molar-refractivity contribution in [2.75, 3.05) is 43.5 Å². The quantitative estimate of drug-likeness (QED) is 0.858. The van der Waals surface area contributed by atoms with Gasteiger partial charge in [-0.05, 0) is 18.2 Å². The molecule has 2 amide bonds. The van der Waals surface area contributed by atoms with Gasteiger partial charge in [-0.25, -0.2) is 0 Å². The maximum atomic E-state index is 12.0. The second-order valence-electron chi connectivity index (χ2n) is 4.93. The van der Waals surface area contributed by atoms with Crippen LogP contribution in [0, 0.1) is 0 Å². The molecule has 0 radical (unpaired) electrons. The molecule has 0 bridgehead atoms. The molecule has 2 rings (SSSR count). The predicted octanol–water partition coefficient (Wildman–Crippen LogP) is 1.31. The molecule has 1 aliphatic heterocycles. The number of benzene rings is 1. The van der Waals surface area contributed by atoms with E-state index in [1.54, 1.807) is 0 Å². The fraction of sp³-hybridized carbons (Fsp3) is 0.467. The van der Waals surface area contributed by atoms with Gasteiger partial charge in [-0.15, -0.1) is 0 Å². The second kappa shape index (κ2) is 7.64. The summed E-state index contributed by atoms with van der Waals surface area (Å²) < 4.78 is 5.22. The summed E-state index contributed by atoms with van der Waals surface area (Å²) in [6.45, 7) is 4.64. The Morgan fingerprint density at radius 3 is 2.67 bits per heavy atom. The summed E-state index contributed by atoms with van der Waals surface area (Å²) >= 11 is 0. The third-order valence-electron chi connectivity index (χ3n) is 3.21. The van der Waals surface area contributed by atoms with Crippen molar-refractivity contribution in [2.45, 2.75) is 13.3 Å². The van der Waals surface area contributed by atoms with Gasteiger partial charge in [0.15, 0.2) is 0 Å². The minimum atomic E-state index is -0.102. The SMILES string of the molecule is CC(=O)Nc1cccc(NCCC(=O)N2CCOCC2)c1. The van der Waals surface area contributed by atoms with E-state index in [4.69, 9.17) is 4.74 Å². The van der Waals surface area contributed by atoms with Crippen LogP contribution >= 0.6 is 0 Å². The second-order valence-corrected chi connectivity index (χ2v) is 4.93. The number of hydrogen-bond acceptors (Lipinski definition) is 4. The summed E-state index contributed by atoms with van der Waals surface area (Å²) in [7, 11) is 0. The van der Waals surface area contributed by atoms with Crippen LogP contribution in [0.2, 0.25) is 0 Å². The van der Waals surface area contributed by atoms with E-state index in [9.17, 15) is 9.59 Å². The van der Waals surface area contributed by atoms with Crippen LogP contribution in [0.15, 0.2) is 24.3 Å². The van der Waals surface area contributed by atoms with Gasteiger partial charge in [0.2, 0.25) is 11.8 Å². The molecule has 0 unspecified atom stereocenters. The zero-order valence-corrected chi connectivity index (χ0v) is 12.2. The Bertz CT molecular complexity index is 499. The molecule has 21 heavy (non-hydrogen) atoms. The van der Waals surface area contributed by atoms with Crippen LogP contribution in [0.4, 0.5) is 11.4 Å². The first-order valence-electron chi connectivity index (χ1n) is 7.12. The first-order chi connectivity index (χ1) is 10.1. The first kappa shape index (κ1) is 15.3. The van der Waals surface area contributed by atoms with E-state index in [0.717, 1.165) is 11.4 Å². The first-order valence-corrected chi connectivity index (χ1v) is 7.12. The van der Waals surface area contributed by atoms with Crippen molar-refractivity contribution >= 4 is 23.2 Å². The van der Waals surface area contributed by atoms with Crippen LogP contribution in [-0.2, 0) is 14.3 Å². The van der Waals surface area contributed by atoms with E-state index in [-0.39, 0.29) is 11.8 Å². The normalized spacial score (nSPS) is 14.6. The summed E-state index contributed by atoms with van der Waals surface area (Å²) in [4.78, 5) is 24.8. The molecule has 0 spiro atoms. The van der Waals surface area contributed by atoms with Gasteiger partial charge in [0.05, 0.1) is 13.2 Å². The Morgan fingerprint density at radius 2 is 1.95 bits per heavy atom. The van der Waals surface area contributed by atoms with Gasteiger partial charge in [0.1, 0.15) is 0 Å². The van der Waals surface area contributed by atoms with Crippen molar-refractivity contribution in [1.82, 2.24) is 4.90 Å². The number of rotatable bonds is 5. The minimum Gasteiger partial charge on any atom is -0.384 e. The molecule has 1 aromatic carbocycles. The molecule has 6 nitrogen and oxygen atoms in total. The zero-order chi connectivity index (χ0) is 15.1. The van der Waals surface area contributed by atoms with Crippen molar-refractivity contribution in [3.05, 3.63) is 24.3 Å². The van der Waals surface area contributed by atoms with E-state index in [0.29, 0.717) is 39.3 Å². The summed E-state index contributed by atoms with van der Waals surface area (Å²) in [5.74, 6) is 0.0402. The average molecular weight is 291 g/mol. The molecule has 2 N–H and O–H groups in total. The van der Waals surface area contributed by atoms with Crippen LogP contribution in [0.1, 0.15) is 13.3 Å². The zero-order valence-electron chi connectivity index (χ0n) is 12.2. The van der Waals surface area contributed by atoms with Gasteiger partial charge in [-0.3, -0.25) is 9.59 Å². The van der Waals surface area contributed by atoms with Crippen molar-refractivity contribution in [3.8, 4) is 0 Å². The molecule has 114 valence electrons. The molecule has 0 saturated carbocycles. The average Bonchev–Trinajstić information content (AvgIpc) is 2.48. The number of carbonyl (C=O) groups is 2. The largest absolute Gasteiger partial charge is 0.384 e. The molecular weight excluding hydrogens is 270 g/mol. The van der Waals surface area contributed by atoms with Crippen LogP contribution < -0.4 is 10.6 Å². The number of anilines is 2. The highest BCUT2D eigenvalue weighted by molar-refractivity contribution is 5.89. The highest BCUT2D eigenvalue weighted by Gasteiger charge is 2.15. The topological polar surface area (TPSA) is 70.7 Å². The molecular formula is C15H21N3O3. The Morgan fingerprint density at radius 1 is 1.24 bits per heavy atom. The standard InChI is InChI=1S/C15H21N3O3/c1-12(19)17-14-4-2-3-13(11-14)16-6-5-15(20)18-7-9-21-10-8-18/h2-4,11,16H,5-10H2,1H3,(H,17,19). The van der Waals surface area contributed by atoms with Gasteiger partial charge in [-0.1, -0.05) is 6.07 Å². The van der Waals surface area contributed by atoms with Crippen LogP contribution in [0.5, 0.6) is 0 Å². The Balaban J connectivity index is 1.77. The third kappa shape index (κ3) is 5.07. The predicted molar refractivity (Wildman–Crippen MR) is 81.3 cm³/mol. The Hall–Kier alpha value is -2.08. The summed E-state index contributed by atoms with van der Waals surface area (Å²) in [6.07, 6.45) is 0.449. The van der Waals surface area contributed by atoms with Crippen LogP contribution in [0.25, 0.3) is 0 Å². The summed E-state index contributed by atoms with van der Waals surface area (Å²) in [5.41, 5.74) is 1.63. The van der Waals surface area contributed by atoms with E-state index in [1.165, 1.54) is 6.92 Å². The number of amides is 2. The summed E-state index contributed by atoms with van der Waals surface area (Å²) in [6, 6.07) is 7.44. The number of nitrogens with zero attached hydrogens (tertiary/aromatic N) is 1. The number of ether oxygens (including phenoxy) is 1.